The standard InChI is InChI=1S/C39H54O4S/c1-6-7-8-9-10-11-18-23-37(40)44-36(30-42-29-28-38(2,3)4)31-43-39(32-19-14-12-15-20-32,33-21-16-13-17-22-33)34-24-26-35(41-5)27-25-34/h12-17,19-22,24-27,36H,6-11,18,23,28-31H2,1-5H3/t36-/m0/s1. The molecule has 0 amide bonds. The second-order valence-corrected chi connectivity index (χ2v) is 14.2. The molecule has 4 nitrogen and oxygen atoms in total. The zero-order valence-electron chi connectivity index (χ0n) is 27.7. The first kappa shape index (κ1) is 35.9. The first-order valence-electron chi connectivity index (χ1n) is 16.4. The summed E-state index contributed by atoms with van der Waals surface area (Å²) in [5.74, 6) is 0.792. The van der Waals surface area contributed by atoms with Gasteiger partial charge in [-0.05, 0) is 47.1 Å². The van der Waals surface area contributed by atoms with Gasteiger partial charge in [-0.25, -0.2) is 0 Å². The van der Waals surface area contributed by atoms with Crippen molar-refractivity contribution in [3.63, 3.8) is 0 Å². The van der Waals surface area contributed by atoms with Crippen LogP contribution in [0.4, 0.5) is 0 Å². The number of ether oxygens (including phenoxy) is 3. The minimum absolute atomic E-state index is 0.128. The third-order valence-electron chi connectivity index (χ3n) is 7.93. The monoisotopic (exact) mass is 618 g/mol. The Morgan fingerprint density at radius 3 is 1.82 bits per heavy atom. The van der Waals surface area contributed by atoms with Crippen LogP contribution in [0, 0.1) is 5.41 Å². The third kappa shape index (κ3) is 11.7. The quantitative estimate of drug-likeness (QED) is 0.0931. The van der Waals surface area contributed by atoms with E-state index in [9.17, 15) is 4.79 Å². The largest absolute Gasteiger partial charge is 0.497 e. The van der Waals surface area contributed by atoms with E-state index in [1.165, 1.54) is 43.9 Å². The summed E-state index contributed by atoms with van der Waals surface area (Å²) in [6.45, 7) is 10.4. The second-order valence-electron chi connectivity index (χ2n) is 12.8. The van der Waals surface area contributed by atoms with E-state index in [2.05, 4.69) is 64.1 Å². The smallest absolute Gasteiger partial charge is 0.189 e. The fourth-order valence-corrected chi connectivity index (χ4v) is 6.25. The maximum Gasteiger partial charge on any atom is 0.189 e. The van der Waals surface area contributed by atoms with Crippen LogP contribution in [0.2, 0.25) is 0 Å². The van der Waals surface area contributed by atoms with Crippen LogP contribution < -0.4 is 4.74 Å². The van der Waals surface area contributed by atoms with Gasteiger partial charge in [0.05, 0.1) is 25.6 Å². The maximum atomic E-state index is 13.2. The molecule has 0 N–H and O–H groups in total. The van der Waals surface area contributed by atoms with Crippen molar-refractivity contribution in [3.05, 3.63) is 102 Å². The highest BCUT2D eigenvalue weighted by molar-refractivity contribution is 8.14. The number of thioether (sulfide) groups is 1. The highest BCUT2D eigenvalue weighted by Crippen LogP contribution is 2.41. The molecule has 3 rings (SSSR count). The SMILES string of the molecule is CCCCCCCCCC(=O)S[C@@H](COCCC(C)(C)C)COC(c1ccccc1)(c1ccccc1)c1ccc(OC)cc1. The lowest BCUT2D eigenvalue weighted by Gasteiger charge is -2.37. The molecule has 3 aromatic rings. The molecular weight excluding hydrogens is 564 g/mol. The van der Waals surface area contributed by atoms with Gasteiger partial charge in [-0.3, -0.25) is 4.79 Å². The van der Waals surface area contributed by atoms with Gasteiger partial charge in [0, 0.05) is 13.0 Å². The summed E-state index contributed by atoms with van der Waals surface area (Å²) in [7, 11) is 1.68. The molecule has 1 atom stereocenters. The molecule has 0 saturated carbocycles. The van der Waals surface area contributed by atoms with Crippen molar-refractivity contribution in [3.8, 4) is 5.75 Å². The normalized spacial score (nSPS) is 12.7. The van der Waals surface area contributed by atoms with Crippen molar-refractivity contribution in [2.24, 2.45) is 5.41 Å². The molecule has 0 bridgehead atoms. The van der Waals surface area contributed by atoms with E-state index in [-0.39, 0.29) is 15.8 Å². The Hall–Kier alpha value is -2.60. The van der Waals surface area contributed by atoms with Gasteiger partial charge in [0.1, 0.15) is 11.4 Å². The molecule has 0 aliphatic rings. The predicted octanol–water partition coefficient (Wildman–Crippen LogP) is 10.2. The van der Waals surface area contributed by atoms with Crippen molar-refractivity contribution in [2.45, 2.75) is 96.3 Å². The molecule has 0 heterocycles. The lowest BCUT2D eigenvalue weighted by molar-refractivity contribution is -0.111. The summed E-state index contributed by atoms with van der Waals surface area (Å²) in [4.78, 5) is 13.2. The summed E-state index contributed by atoms with van der Waals surface area (Å²) in [6.07, 6.45) is 9.93. The van der Waals surface area contributed by atoms with Crippen LogP contribution in [0.15, 0.2) is 84.9 Å². The van der Waals surface area contributed by atoms with Crippen LogP contribution in [-0.2, 0) is 19.9 Å². The van der Waals surface area contributed by atoms with Gasteiger partial charge in [-0.2, -0.15) is 0 Å². The molecule has 240 valence electrons. The van der Waals surface area contributed by atoms with Crippen LogP contribution in [-0.4, -0.2) is 37.3 Å². The summed E-state index contributed by atoms with van der Waals surface area (Å²) in [5.41, 5.74) is 2.38. The van der Waals surface area contributed by atoms with Gasteiger partial charge < -0.3 is 14.2 Å². The lowest BCUT2D eigenvalue weighted by atomic mass is 9.80. The molecule has 0 spiro atoms. The fourth-order valence-electron chi connectivity index (χ4n) is 5.32. The van der Waals surface area contributed by atoms with Crippen LogP contribution in [0.25, 0.3) is 0 Å². The Morgan fingerprint density at radius 1 is 0.727 bits per heavy atom. The average Bonchev–Trinajstić information content (AvgIpc) is 3.03. The number of unbranched alkanes of at least 4 members (excludes halogenated alkanes) is 6. The molecule has 5 heteroatoms. The Labute approximate surface area is 271 Å². The lowest BCUT2D eigenvalue weighted by Crippen LogP contribution is -2.36. The van der Waals surface area contributed by atoms with Crippen molar-refractivity contribution in [1.29, 1.82) is 0 Å². The van der Waals surface area contributed by atoms with Gasteiger partial charge in [0.15, 0.2) is 5.12 Å². The van der Waals surface area contributed by atoms with Crippen molar-refractivity contribution in [1.82, 2.24) is 0 Å². The summed E-state index contributed by atoms with van der Waals surface area (Å²) in [6, 6.07) is 28.8. The van der Waals surface area contributed by atoms with Gasteiger partial charge in [0.25, 0.3) is 0 Å². The maximum absolute atomic E-state index is 13.2. The molecule has 0 unspecified atom stereocenters. The first-order chi connectivity index (χ1) is 21.3. The molecule has 0 radical (unpaired) electrons. The Kier molecular flexibility index (Phi) is 15.5. The molecule has 0 saturated heterocycles. The van der Waals surface area contributed by atoms with Crippen LogP contribution in [0.3, 0.4) is 0 Å². The number of carbonyl (C=O) groups excluding carboxylic acids is 1. The van der Waals surface area contributed by atoms with Gasteiger partial charge >= 0.3 is 0 Å². The number of carbonyl (C=O) groups is 1. The summed E-state index contributed by atoms with van der Waals surface area (Å²) in [5, 5.41) is 0.0955. The Bertz CT molecular complexity index is 1150. The van der Waals surface area contributed by atoms with E-state index in [0.717, 1.165) is 41.7 Å². The second kappa shape index (κ2) is 19.0. The molecule has 0 fully saturated rings. The zero-order valence-corrected chi connectivity index (χ0v) is 28.5. The third-order valence-corrected chi connectivity index (χ3v) is 9.00. The number of rotatable bonds is 20. The van der Waals surface area contributed by atoms with Crippen molar-refractivity contribution < 1.29 is 19.0 Å². The fraction of sp³-hybridized carbons (Fsp3) is 0.513. The molecule has 0 aromatic heterocycles. The van der Waals surface area contributed by atoms with E-state index < -0.39 is 5.60 Å². The Morgan fingerprint density at radius 2 is 1.27 bits per heavy atom. The molecular formula is C39H54O4S. The minimum atomic E-state index is -0.874. The van der Waals surface area contributed by atoms with Crippen LogP contribution in [0.5, 0.6) is 5.75 Å². The van der Waals surface area contributed by atoms with E-state index in [0.29, 0.717) is 26.2 Å². The molecule has 44 heavy (non-hydrogen) atoms. The zero-order chi connectivity index (χ0) is 31.7. The highest BCUT2D eigenvalue weighted by Gasteiger charge is 2.38. The van der Waals surface area contributed by atoms with Crippen LogP contribution >= 0.6 is 11.8 Å². The molecule has 0 aliphatic carbocycles. The van der Waals surface area contributed by atoms with Gasteiger partial charge in [0.2, 0.25) is 0 Å². The van der Waals surface area contributed by atoms with E-state index in [4.69, 9.17) is 14.2 Å². The summed E-state index contributed by atoms with van der Waals surface area (Å²) < 4.78 is 18.8. The average molecular weight is 619 g/mol. The summed E-state index contributed by atoms with van der Waals surface area (Å²) >= 11 is 1.40. The predicted molar refractivity (Wildman–Crippen MR) is 186 cm³/mol. The van der Waals surface area contributed by atoms with Gasteiger partial charge in [-0.15, -0.1) is 0 Å². The van der Waals surface area contributed by atoms with E-state index in [1.807, 2.05) is 48.5 Å². The number of methoxy groups -OCH3 is 1. The molecule has 0 aliphatic heterocycles. The first-order valence-corrected chi connectivity index (χ1v) is 17.3. The Balaban J connectivity index is 1.84. The van der Waals surface area contributed by atoms with Gasteiger partial charge in [-0.1, -0.05) is 151 Å². The topological polar surface area (TPSA) is 44.8 Å². The van der Waals surface area contributed by atoms with Crippen LogP contribution in [0.1, 0.15) is 102 Å². The number of benzene rings is 3. The van der Waals surface area contributed by atoms with E-state index >= 15 is 0 Å². The minimum Gasteiger partial charge on any atom is -0.497 e. The van der Waals surface area contributed by atoms with Crippen molar-refractivity contribution >= 4 is 16.9 Å². The highest BCUT2D eigenvalue weighted by atomic mass is 32.2. The molecule has 3 aromatic carbocycles. The van der Waals surface area contributed by atoms with Crippen molar-refractivity contribution in [2.75, 3.05) is 26.9 Å². The number of hydrogen-bond donors (Lipinski definition) is 0. The van der Waals surface area contributed by atoms with E-state index in [1.54, 1.807) is 7.11 Å². The number of hydrogen-bond acceptors (Lipinski definition) is 5.